The zero-order valence-corrected chi connectivity index (χ0v) is 22.8. The molecule has 1 aliphatic carbocycles. The molecule has 3 aromatic carbocycles. The normalized spacial score (nSPS) is 17.8. The van der Waals surface area contributed by atoms with Gasteiger partial charge in [-0.05, 0) is 97.3 Å². The molecule has 0 saturated heterocycles. The zero-order valence-electron chi connectivity index (χ0n) is 22.0. The Morgan fingerprint density at radius 1 is 1.05 bits per heavy atom. The second kappa shape index (κ2) is 10.7. The molecular weight excluding hydrogens is 484 g/mol. The lowest BCUT2D eigenvalue weighted by Crippen LogP contribution is -2.41. The number of methoxy groups -OCH3 is 1. The van der Waals surface area contributed by atoms with Crippen LogP contribution in [0.5, 0.6) is 11.5 Å². The van der Waals surface area contributed by atoms with Crippen molar-refractivity contribution in [1.29, 1.82) is 0 Å². The van der Waals surface area contributed by atoms with Gasteiger partial charge in [-0.25, -0.2) is 0 Å². The Labute approximate surface area is 224 Å². The van der Waals surface area contributed by atoms with Gasteiger partial charge >= 0.3 is 0 Å². The lowest BCUT2D eigenvalue weighted by molar-refractivity contribution is -0.118. The van der Waals surface area contributed by atoms with Crippen LogP contribution in [0.2, 0.25) is 5.02 Å². The largest absolute Gasteiger partial charge is 0.493 e. The van der Waals surface area contributed by atoms with Crippen molar-refractivity contribution in [3.05, 3.63) is 82.4 Å². The summed E-state index contributed by atoms with van der Waals surface area (Å²) in [6.45, 7) is 5.22. The maximum atomic E-state index is 13.7. The lowest BCUT2D eigenvalue weighted by atomic mass is 9.86. The molecule has 6 heteroatoms. The van der Waals surface area contributed by atoms with E-state index in [1.165, 1.54) is 12.8 Å². The molecule has 2 atom stereocenters. The zero-order chi connectivity index (χ0) is 26.1. The molecule has 1 heterocycles. The van der Waals surface area contributed by atoms with Crippen LogP contribution in [-0.4, -0.2) is 32.7 Å². The fourth-order valence-electron chi connectivity index (χ4n) is 5.04. The van der Waals surface area contributed by atoms with E-state index in [0.717, 1.165) is 46.9 Å². The fraction of sp³-hybridized carbons (Fsp3) is 0.387. The first-order valence-corrected chi connectivity index (χ1v) is 13.5. The van der Waals surface area contributed by atoms with Gasteiger partial charge in [0.25, 0.3) is 0 Å². The SMILES string of the molecule is CCC(C)Oc1cc2c(cc1OC)CC(=O)N(c1ccc(N(C)CC3CC3)cc1)C2c1ccc(Cl)cc1. The molecule has 1 saturated carbocycles. The van der Waals surface area contributed by atoms with Crippen LogP contribution in [0.25, 0.3) is 0 Å². The third-order valence-corrected chi connectivity index (χ3v) is 7.73. The summed E-state index contributed by atoms with van der Waals surface area (Å²) in [5, 5.41) is 0.663. The predicted molar refractivity (Wildman–Crippen MR) is 150 cm³/mol. The molecule has 37 heavy (non-hydrogen) atoms. The van der Waals surface area contributed by atoms with Crippen molar-refractivity contribution >= 4 is 28.9 Å². The molecule has 194 valence electrons. The van der Waals surface area contributed by atoms with Gasteiger partial charge in [-0.1, -0.05) is 30.7 Å². The van der Waals surface area contributed by atoms with Gasteiger partial charge in [0.05, 0.1) is 25.7 Å². The Morgan fingerprint density at radius 2 is 1.76 bits per heavy atom. The van der Waals surface area contributed by atoms with Gasteiger partial charge in [0.2, 0.25) is 5.91 Å². The van der Waals surface area contributed by atoms with Gasteiger partial charge < -0.3 is 19.3 Å². The number of rotatable bonds is 9. The molecule has 0 radical (unpaired) electrons. The Balaban J connectivity index is 1.58. The summed E-state index contributed by atoms with van der Waals surface area (Å²) in [6.07, 6.45) is 3.86. The molecule has 2 unspecified atom stereocenters. The number of anilines is 2. The smallest absolute Gasteiger partial charge is 0.232 e. The number of hydrogen-bond acceptors (Lipinski definition) is 4. The first kappa shape index (κ1) is 25.5. The highest BCUT2D eigenvalue weighted by atomic mass is 35.5. The van der Waals surface area contributed by atoms with E-state index < -0.39 is 0 Å². The Hall–Kier alpha value is -3.18. The van der Waals surface area contributed by atoms with Crippen LogP contribution in [0.4, 0.5) is 11.4 Å². The van der Waals surface area contributed by atoms with Crippen molar-refractivity contribution in [3.63, 3.8) is 0 Å². The standard InChI is InChI=1S/C31H35ClN2O3/c1-5-20(2)37-29-18-27-23(16-28(29)36-4)17-30(35)34(31(27)22-8-10-24(32)11-9-22)26-14-12-25(13-15-26)33(3)19-21-6-7-21/h8-16,18,20-21,31H,5-7,17,19H2,1-4H3. The minimum absolute atomic E-state index is 0.0439. The highest BCUT2D eigenvalue weighted by molar-refractivity contribution is 6.30. The number of benzene rings is 3. The van der Waals surface area contributed by atoms with Crippen molar-refractivity contribution < 1.29 is 14.3 Å². The van der Waals surface area contributed by atoms with Crippen LogP contribution in [0.3, 0.4) is 0 Å². The summed E-state index contributed by atoms with van der Waals surface area (Å²) in [7, 11) is 3.78. The molecule has 3 aromatic rings. The van der Waals surface area contributed by atoms with Crippen LogP contribution in [0.15, 0.2) is 60.7 Å². The maximum absolute atomic E-state index is 13.7. The molecule has 0 N–H and O–H groups in total. The number of ether oxygens (including phenoxy) is 2. The van der Waals surface area contributed by atoms with Gasteiger partial charge in [0, 0.05) is 30.0 Å². The maximum Gasteiger partial charge on any atom is 0.232 e. The van der Waals surface area contributed by atoms with Gasteiger partial charge in [0.1, 0.15) is 0 Å². The Bertz CT molecular complexity index is 1250. The van der Waals surface area contributed by atoms with Crippen LogP contribution in [-0.2, 0) is 11.2 Å². The highest BCUT2D eigenvalue weighted by Crippen LogP contribution is 2.44. The molecular formula is C31H35ClN2O3. The van der Waals surface area contributed by atoms with E-state index in [1.807, 2.05) is 42.2 Å². The molecule has 5 rings (SSSR count). The molecule has 0 aromatic heterocycles. The summed E-state index contributed by atoms with van der Waals surface area (Å²) in [5.41, 5.74) is 5.02. The molecule has 1 amide bonds. The molecule has 0 spiro atoms. The Kier molecular flexibility index (Phi) is 7.34. The van der Waals surface area contributed by atoms with Gasteiger partial charge in [-0.3, -0.25) is 4.79 Å². The van der Waals surface area contributed by atoms with Crippen molar-refractivity contribution in [2.75, 3.05) is 30.5 Å². The monoisotopic (exact) mass is 518 g/mol. The molecule has 1 fully saturated rings. The van der Waals surface area contributed by atoms with Gasteiger partial charge in [0.15, 0.2) is 11.5 Å². The second-order valence-corrected chi connectivity index (χ2v) is 10.7. The van der Waals surface area contributed by atoms with E-state index in [1.54, 1.807) is 7.11 Å². The number of nitrogens with zero attached hydrogens (tertiary/aromatic N) is 2. The number of carbonyl (C=O) groups excluding carboxylic acids is 1. The minimum Gasteiger partial charge on any atom is -0.493 e. The molecule has 2 aliphatic rings. The average Bonchev–Trinajstić information content (AvgIpc) is 3.72. The lowest BCUT2D eigenvalue weighted by Gasteiger charge is -2.38. The number of carbonyl (C=O) groups is 1. The first-order chi connectivity index (χ1) is 17.9. The van der Waals surface area contributed by atoms with E-state index in [2.05, 4.69) is 49.2 Å². The van der Waals surface area contributed by atoms with Gasteiger partial charge in [-0.15, -0.1) is 0 Å². The second-order valence-electron chi connectivity index (χ2n) is 10.3. The quantitative estimate of drug-likeness (QED) is 0.304. The van der Waals surface area contributed by atoms with Crippen molar-refractivity contribution in [1.82, 2.24) is 0 Å². The minimum atomic E-state index is -0.311. The third kappa shape index (κ3) is 5.42. The summed E-state index contributed by atoms with van der Waals surface area (Å²) in [5.74, 6) is 2.20. The molecule has 1 aliphatic heterocycles. The molecule has 0 bridgehead atoms. The predicted octanol–water partition coefficient (Wildman–Crippen LogP) is 7.05. The van der Waals surface area contributed by atoms with E-state index in [0.29, 0.717) is 22.9 Å². The topological polar surface area (TPSA) is 42.0 Å². The van der Waals surface area contributed by atoms with Crippen molar-refractivity contribution in [2.45, 2.75) is 51.7 Å². The Morgan fingerprint density at radius 3 is 2.38 bits per heavy atom. The van der Waals surface area contributed by atoms with Crippen molar-refractivity contribution in [3.8, 4) is 11.5 Å². The number of amides is 1. The van der Waals surface area contributed by atoms with Crippen LogP contribution in [0, 0.1) is 5.92 Å². The summed E-state index contributed by atoms with van der Waals surface area (Å²) >= 11 is 6.24. The van der Waals surface area contributed by atoms with Crippen LogP contribution >= 0.6 is 11.6 Å². The van der Waals surface area contributed by atoms with Crippen LogP contribution < -0.4 is 19.3 Å². The summed E-state index contributed by atoms with van der Waals surface area (Å²) in [4.78, 5) is 17.9. The molecule has 5 nitrogen and oxygen atoms in total. The van der Waals surface area contributed by atoms with Crippen molar-refractivity contribution in [2.24, 2.45) is 5.92 Å². The van der Waals surface area contributed by atoms with Gasteiger partial charge in [-0.2, -0.15) is 0 Å². The van der Waals surface area contributed by atoms with Crippen LogP contribution in [0.1, 0.15) is 55.8 Å². The summed E-state index contributed by atoms with van der Waals surface area (Å²) in [6, 6.07) is 19.8. The van der Waals surface area contributed by atoms with E-state index in [4.69, 9.17) is 21.1 Å². The fourth-order valence-corrected chi connectivity index (χ4v) is 5.16. The number of halogens is 1. The van der Waals surface area contributed by atoms with E-state index in [9.17, 15) is 4.79 Å². The highest BCUT2D eigenvalue weighted by Gasteiger charge is 2.36. The van der Waals surface area contributed by atoms with E-state index >= 15 is 0 Å². The number of hydrogen-bond donors (Lipinski definition) is 0. The third-order valence-electron chi connectivity index (χ3n) is 7.48. The average molecular weight is 519 g/mol. The summed E-state index contributed by atoms with van der Waals surface area (Å²) < 4.78 is 11.9. The number of fused-ring (bicyclic) bond motifs is 1. The van der Waals surface area contributed by atoms with E-state index in [-0.39, 0.29) is 18.1 Å². The first-order valence-electron chi connectivity index (χ1n) is 13.1.